The van der Waals surface area contributed by atoms with Crippen molar-refractivity contribution >= 4 is 0 Å². The zero-order valence-corrected chi connectivity index (χ0v) is 9.37. The molecule has 2 rings (SSSR count). The summed E-state index contributed by atoms with van der Waals surface area (Å²) in [6.07, 6.45) is 3.11. The van der Waals surface area contributed by atoms with Gasteiger partial charge in [-0.25, -0.2) is 9.97 Å². The number of nitrogens with zero attached hydrogens (tertiary/aromatic N) is 4. The van der Waals surface area contributed by atoms with Crippen molar-refractivity contribution in [2.45, 2.75) is 6.42 Å². The number of hydrogen-bond acceptors (Lipinski definition) is 5. The van der Waals surface area contributed by atoms with Crippen LogP contribution in [0.15, 0.2) is 36.7 Å². The Morgan fingerprint density at radius 3 is 2.39 bits per heavy atom. The van der Waals surface area contributed by atoms with Gasteiger partial charge in [-0.15, -0.1) is 0 Å². The van der Waals surface area contributed by atoms with Gasteiger partial charge in [0, 0.05) is 0 Å². The minimum Gasteiger partial charge on any atom is -0.438 e. The highest BCUT2D eigenvalue weighted by Gasteiger charge is 2.00. The second-order valence-corrected chi connectivity index (χ2v) is 3.43. The highest BCUT2D eigenvalue weighted by molar-refractivity contribution is 5.31. The zero-order chi connectivity index (χ0) is 12.8. The van der Waals surface area contributed by atoms with Crippen molar-refractivity contribution < 1.29 is 4.74 Å². The fourth-order valence-corrected chi connectivity index (χ4v) is 1.31. The first-order chi connectivity index (χ1) is 8.81. The van der Waals surface area contributed by atoms with Gasteiger partial charge in [-0.1, -0.05) is 12.1 Å². The first-order valence-corrected chi connectivity index (χ1v) is 5.17. The van der Waals surface area contributed by atoms with E-state index in [-0.39, 0.29) is 5.69 Å². The Balaban J connectivity index is 2.09. The lowest BCUT2D eigenvalue weighted by molar-refractivity contribution is 0.460. The molecule has 0 unspecified atom stereocenters. The molecule has 1 aromatic carbocycles. The maximum atomic E-state index is 8.58. The normalized spacial score (nSPS) is 9.22. The predicted molar refractivity (Wildman–Crippen MR) is 62.6 cm³/mol. The molecule has 0 saturated carbocycles. The van der Waals surface area contributed by atoms with E-state index in [0.717, 1.165) is 5.56 Å². The fourth-order valence-electron chi connectivity index (χ4n) is 1.31. The van der Waals surface area contributed by atoms with E-state index >= 15 is 0 Å². The summed E-state index contributed by atoms with van der Waals surface area (Å²) in [7, 11) is 0. The van der Waals surface area contributed by atoms with Crippen LogP contribution in [0.25, 0.3) is 0 Å². The second-order valence-electron chi connectivity index (χ2n) is 3.43. The van der Waals surface area contributed by atoms with Crippen LogP contribution >= 0.6 is 0 Å². The molecule has 0 saturated heterocycles. The average Bonchev–Trinajstić information content (AvgIpc) is 2.42. The quantitative estimate of drug-likeness (QED) is 0.815. The third kappa shape index (κ3) is 2.81. The molecule has 0 atom stereocenters. The number of ether oxygens (including phenoxy) is 1. The number of nitriles is 2. The minimum atomic E-state index is 0.242. The minimum absolute atomic E-state index is 0.242. The lowest BCUT2D eigenvalue weighted by Crippen LogP contribution is -1.91. The highest BCUT2D eigenvalue weighted by Crippen LogP contribution is 2.19. The van der Waals surface area contributed by atoms with Crippen LogP contribution in [0.1, 0.15) is 11.3 Å². The van der Waals surface area contributed by atoms with Gasteiger partial charge in [0.2, 0.25) is 5.88 Å². The maximum Gasteiger partial charge on any atom is 0.237 e. The van der Waals surface area contributed by atoms with E-state index in [9.17, 15) is 0 Å². The standard InChI is InChI=1S/C13H8N4O/c14-6-5-10-1-3-12(4-2-10)18-13-9-16-11(7-15)8-17-13/h1-4,8-9H,5H2. The maximum absolute atomic E-state index is 8.58. The molecule has 18 heavy (non-hydrogen) atoms. The van der Waals surface area contributed by atoms with Gasteiger partial charge >= 0.3 is 0 Å². The number of aromatic nitrogens is 2. The van der Waals surface area contributed by atoms with Crippen molar-refractivity contribution in [2.75, 3.05) is 0 Å². The topological polar surface area (TPSA) is 82.6 Å². The first kappa shape index (κ1) is 11.6. The van der Waals surface area contributed by atoms with Crippen molar-refractivity contribution in [3.05, 3.63) is 47.9 Å². The van der Waals surface area contributed by atoms with E-state index in [4.69, 9.17) is 15.3 Å². The van der Waals surface area contributed by atoms with Gasteiger partial charge in [-0.2, -0.15) is 10.5 Å². The van der Waals surface area contributed by atoms with Crippen molar-refractivity contribution in [2.24, 2.45) is 0 Å². The van der Waals surface area contributed by atoms with Crippen LogP contribution in [0.5, 0.6) is 11.6 Å². The average molecular weight is 236 g/mol. The smallest absolute Gasteiger partial charge is 0.237 e. The third-order valence-electron chi connectivity index (χ3n) is 2.17. The molecule has 0 N–H and O–H groups in total. The molecule has 5 nitrogen and oxygen atoms in total. The van der Waals surface area contributed by atoms with Crippen LogP contribution in [-0.2, 0) is 6.42 Å². The fraction of sp³-hybridized carbons (Fsp3) is 0.0769. The van der Waals surface area contributed by atoms with Crippen molar-refractivity contribution in [1.82, 2.24) is 9.97 Å². The summed E-state index contributed by atoms with van der Waals surface area (Å²) in [5.74, 6) is 0.928. The summed E-state index contributed by atoms with van der Waals surface area (Å²) in [5.41, 5.74) is 1.17. The molecular formula is C13H8N4O. The number of hydrogen-bond donors (Lipinski definition) is 0. The van der Waals surface area contributed by atoms with Crippen molar-refractivity contribution in [3.8, 4) is 23.8 Å². The summed E-state index contributed by atoms with van der Waals surface area (Å²) < 4.78 is 5.45. The van der Waals surface area contributed by atoms with Crippen molar-refractivity contribution in [3.63, 3.8) is 0 Å². The van der Waals surface area contributed by atoms with Gasteiger partial charge in [0.25, 0.3) is 0 Å². The molecule has 0 aliphatic carbocycles. The van der Waals surface area contributed by atoms with E-state index in [1.807, 2.05) is 18.2 Å². The third-order valence-corrected chi connectivity index (χ3v) is 2.17. The largest absolute Gasteiger partial charge is 0.438 e. The monoisotopic (exact) mass is 236 g/mol. The van der Waals surface area contributed by atoms with Crippen LogP contribution in [-0.4, -0.2) is 9.97 Å². The van der Waals surface area contributed by atoms with E-state index in [1.54, 1.807) is 12.1 Å². The highest BCUT2D eigenvalue weighted by atomic mass is 16.5. The molecule has 0 bridgehead atoms. The lowest BCUT2D eigenvalue weighted by Gasteiger charge is -2.04. The Kier molecular flexibility index (Phi) is 3.48. The molecule has 0 spiro atoms. The molecule has 1 heterocycles. The van der Waals surface area contributed by atoms with E-state index in [0.29, 0.717) is 18.1 Å². The molecule has 86 valence electrons. The Labute approximate surface area is 104 Å². The molecular weight excluding hydrogens is 228 g/mol. The lowest BCUT2D eigenvalue weighted by atomic mass is 10.2. The summed E-state index contributed by atoms with van der Waals surface area (Å²) in [5, 5.41) is 17.1. The molecule has 2 aromatic rings. The van der Waals surface area contributed by atoms with Crippen LogP contribution in [0.2, 0.25) is 0 Å². The summed E-state index contributed by atoms with van der Waals surface area (Å²) in [6, 6.07) is 11.1. The Morgan fingerprint density at radius 1 is 1.06 bits per heavy atom. The molecule has 1 aromatic heterocycles. The Hall–Kier alpha value is -2.92. The number of benzene rings is 1. The first-order valence-electron chi connectivity index (χ1n) is 5.17. The van der Waals surface area contributed by atoms with Gasteiger partial charge in [0.15, 0.2) is 5.69 Å². The summed E-state index contributed by atoms with van der Waals surface area (Å²) in [4.78, 5) is 7.79. The van der Waals surface area contributed by atoms with Crippen LogP contribution in [0.3, 0.4) is 0 Å². The van der Waals surface area contributed by atoms with Gasteiger partial charge < -0.3 is 4.74 Å². The molecule has 5 heteroatoms. The molecule has 0 fully saturated rings. The van der Waals surface area contributed by atoms with Gasteiger partial charge in [-0.05, 0) is 17.7 Å². The van der Waals surface area contributed by atoms with Crippen molar-refractivity contribution in [1.29, 1.82) is 10.5 Å². The van der Waals surface area contributed by atoms with E-state index in [1.165, 1.54) is 12.4 Å². The van der Waals surface area contributed by atoms with Crippen LogP contribution < -0.4 is 4.74 Å². The predicted octanol–water partition coefficient (Wildman–Crippen LogP) is 2.21. The SMILES string of the molecule is N#CCc1ccc(Oc2cnc(C#N)cn2)cc1. The molecule has 0 aliphatic heterocycles. The number of rotatable bonds is 3. The molecule has 0 amide bonds. The molecule has 0 aliphatic rings. The summed E-state index contributed by atoms with van der Waals surface area (Å²) >= 11 is 0. The van der Waals surface area contributed by atoms with Gasteiger partial charge in [0.05, 0.1) is 24.9 Å². The van der Waals surface area contributed by atoms with Crippen LogP contribution in [0.4, 0.5) is 0 Å². The van der Waals surface area contributed by atoms with E-state index < -0.39 is 0 Å². The molecule has 0 radical (unpaired) electrons. The Bertz CT molecular complexity index is 605. The van der Waals surface area contributed by atoms with Gasteiger partial charge in [0.1, 0.15) is 11.8 Å². The summed E-state index contributed by atoms with van der Waals surface area (Å²) in [6.45, 7) is 0. The van der Waals surface area contributed by atoms with E-state index in [2.05, 4.69) is 16.0 Å². The van der Waals surface area contributed by atoms with Gasteiger partial charge in [-0.3, -0.25) is 0 Å². The zero-order valence-electron chi connectivity index (χ0n) is 9.37. The second kappa shape index (κ2) is 5.42. The van der Waals surface area contributed by atoms with Crippen LogP contribution in [0, 0.1) is 22.7 Å². The Morgan fingerprint density at radius 2 is 1.83 bits per heavy atom.